The number of rotatable bonds is 5. The maximum absolute atomic E-state index is 11.7. The Kier molecular flexibility index (Phi) is 6.02. The van der Waals surface area contributed by atoms with Crippen LogP contribution in [0.3, 0.4) is 0 Å². The third-order valence-corrected chi connectivity index (χ3v) is 3.91. The molecule has 24 heavy (non-hydrogen) atoms. The number of fused-ring (bicyclic) bond motifs is 1. The molecule has 2 rings (SSSR count). The maximum atomic E-state index is 11.7. The van der Waals surface area contributed by atoms with Gasteiger partial charge in [0.05, 0.1) is 0 Å². The van der Waals surface area contributed by atoms with E-state index in [1.165, 1.54) is 24.1 Å². The molecule has 2 N–H and O–H groups in total. The van der Waals surface area contributed by atoms with E-state index in [4.69, 9.17) is 4.74 Å². The molecule has 1 aliphatic rings. The fraction of sp³-hybridized carbons (Fsp3) is 0.722. The lowest BCUT2D eigenvalue weighted by Gasteiger charge is -2.22. The Morgan fingerprint density at radius 2 is 1.92 bits per heavy atom. The largest absolute Gasteiger partial charge is 0.444 e. The van der Waals surface area contributed by atoms with Gasteiger partial charge in [-0.25, -0.2) is 14.8 Å². The number of nitrogens with zero attached hydrogens (tertiary/aromatic N) is 2. The van der Waals surface area contributed by atoms with Crippen LogP contribution in [-0.2, 0) is 17.6 Å². The van der Waals surface area contributed by atoms with Crippen LogP contribution in [0.1, 0.15) is 57.6 Å². The molecule has 0 saturated carbocycles. The first-order valence-electron chi connectivity index (χ1n) is 8.81. The molecule has 0 fully saturated rings. The number of amides is 1. The third-order valence-electron chi connectivity index (χ3n) is 3.91. The number of alkyl carbamates (subject to hydrolysis) is 1. The molecule has 1 unspecified atom stereocenters. The van der Waals surface area contributed by atoms with E-state index >= 15 is 0 Å². The standard InChI is InChI=1S/C18H30N4O2/c1-12(11-20-17(23)24-18(3,4)5)10-19-16-14-8-6-7-9-15(14)21-13(2)22-16/h12H,6-11H2,1-5H3,(H,20,23)(H,19,21,22). The number of carbonyl (C=O) groups is 1. The highest BCUT2D eigenvalue weighted by molar-refractivity contribution is 5.67. The van der Waals surface area contributed by atoms with Crippen molar-refractivity contribution in [3.63, 3.8) is 0 Å². The van der Waals surface area contributed by atoms with Crippen LogP contribution in [-0.4, -0.2) is 34.8 Å². The highest BCUT2D eigenvalue weighted by atomic mass is 16.6. The Morgan fingerprint density at radius 3 is 2.62 bits per heavy atom. The summed E-state index contributed by atoms with van der Waals surface area (Å²) in [6, 6.07) is 0. The summed E-state index contributed by atoms with van der Waals surface area (Å²) in [4.78, 5) is 20.8. The molecule has 134 valence electrons. The Morgan fingerprint density at radius 1 is 1.21 bits per heavy atom. The average Bonchev–Trinajstić information content (AvgIpc) is 2.48. The van der Waals surface area contributed by atoms with Gasteiger partial charge in [0.25, 0.3) is 0 Å². The predicted octanol–water partition coefficient (Wildman–Crippen LogP) is 3.24. The Bertz CT molecular complexity index is 581. The van der Waals surface area contributed by atoms with Crippen molar-refractivity contribution in [3.05, 3.63) is 17.1 Å². The summed E-state index contributed by atoms with van der Waals surface area (Å²) in [6.07, 6.45) is 4.12. The third kappa shape index (κ3) is 5.65. The molecule has 1 aliphatic carbocycles. The van der Waals surface area contributed by atoms with Crippen LogP contribution >= 0.6 is 0 Å². The number of ether oxygens (including phenoxy) is 1. The summed E-state index contributed by atoms with van der Waals surface area (Å²) in [7, 11) is 0. The van der Waals surface area contributed by atoms with Gasteiger partial charge in [0.1, 0.15) is 17.2 Å². The summed E-state index contributed by atoms with van der Waals surface area (Å²) in [6.45, 7) is 10.9. The molecule has 1 heterocycles. The lowest BCUT2D eigenvalue weighted by Crippen LogP contribution is -2.36. The zero-order valence-corrected chi connectivity index (χ0v) is 15.5. The second kappa shape index (κ2) is 7.81. The van der Waals surface area contributed by atoms with Crippen LogP contribution in [0.2, 0.25) is 0 Å². The van der Waals surface area contributed by atoms with E-state index in [2.05, 4.69) is 27.5 Å². The molecule has 6 heteroatoms. The lowest BCUT2D eigenvalue weighted by atomic mass is 9.96. The van der Waals surface area contributed by atoms with E-state index < -0.39 is 5.60 Å². The summed E-state index contributed by atoms with van der Waals surface area (Å²) in [5, 5.41) is 6.26. The van der Waals surface area contributed by atoms with Crippen molar-refractivity contribution < 1.29 is 9.53 Å². The number of aromatic nitrogens is 2. The second-order valence-electron chi connectivity index (χ2n) is 7.62. The summed E-state index contributed by atoms with van der Waals surface area (Å²) < 4.78 is 5.25. The van der Waals surface area contributed by atoms with Crippen molar-refractivity contribution in [2.75, 3.05) is 18.4 Å². The van der Waals surface area contributed by atoms with Gasteiger partial charge in [-0.2, -0.15) is 0 Å². The molecule has 1 aromatic rings. The van der Waals surface area contributed by atoms with Crippen LogP contribution < -0.4 is 10.6 Å². The minimum absolute atomic E-state index is 0.270. The summed E-state index contributed by atoms with van der Waals surface area (Å²) in [5.74, 6) is 2.05. The van der Waals surface area contributed by atoms with Gasteiger partial charge in [0.2, 0.25) is 0 Å². The quantitative estimate of drug-likeness (QED) is 0.864. The molecular formula is C18H30N4O2. The van der Waals surface area contributed by atoms with Crippen molar-refractivity contribution in [1.29, 1.82) is 0 Å². The monoisotopic (exact) mass is 334 g/mol. The number of anilines is 1. The van der Waals surface area contributed by atoms with E-state index in [9.17, 15) is 4.79 Å². The van der Waals surface area contributed by atoms with Crippen LogP contribution in [0.4, 0.5) is 10.6 Å². The molecule has 1 amide bonds. The smallest absolute Gasteiger partial charge is 0.407 e. The minimum Gasteiger partial charge on any atom is -0.444 e. The maximum Gasteiger partial charge on any atom is 0.407 e. The van der Waals surface area contributed by atoms with Crippen LogP contribution in [0.5, 0.6) is 0 Å². The number of hydrogen-bond acceptors (Lipinski definition) is 5. The molecule has 1 atom stereocenters. The van der Waals surface area contributed by atoms with Crippen molar-refractivity contribution >= 4 is 11.9 Å². The minimum atomic E-state index is -0.469. The summed E-state index contributed by atoms with van der Waals surface area (Å²) >= 11 is 0. The highest BCUT2D eigenvalue weighted by Gasteiger charge is 2.18. The predicted molar refractivity (Wildman–Crippen MR) is 95.3 cm³/mol. The number of nitrogens with one attached hydrogen (secondary N) is 2. The van der Waals surface area contributed by atoms with Gasteiger partial charge in [-0.05, 0) is 59.3 Å². The zero-order chi connectivity index (χ0) is 17.7. The Labute approximate surface area is 144 Å². The first-order valence-corrected chi connectivity index (χ1v) is 8.81. The van der Waals surface area contributed by atoms with Gasteiger partial charge in [-0.1, -0.05) is 6.92 Å². The number of hydrogen-bond donors (Lipinski definition) is 2. The van der Waals surface area contributed by atoms with E-state index in [0.717, 1.165) is 31.0 Å². The molecular weight excluding hydrogens is 304 g/mol. The SMILES string of the molecule is Cc1nc2c(c(NCC(C)CNC(=O)OC(C)(C)C)n1)CCCC2. The Hall–Kier alpha value is -1.85. The van der Waals surface area contributed by atoms with Gasteiger partial charge in [0.15, 0.2) is 0 Å². The highest BCUT2D eigenvalue weighted by Crippen LogP contribution is 2.25. The Balaban J connectivity index is 1.85. The fourth-order valence-corrected chi connectivity index (χ4v) is 2.78. The average molecular weight is 334 g/mol. The molecule has 0 aromatic carbocycles. The molecule has 0 spiro atoms. The van der Waals surface area contributed by atoms with Crippen molar-refractivity contribution in [3.8, 4) is 0 Å². The first kappa shape index (κ1) is 18.5. The second-order valence-corrected chi connectivity index (χ2v) is 7.62. The first-order chi connectivity index (χ1) is 11.2. The lowest BCUT2D eigenvalue weighted by molar-refractivity contribution is 0.0521. The van der Waals surface area contributed by atoms with Crippen LogP contribution in [0.25, 0.3) is 0 Å². The summed E-state index contributed by atoms with van der Waals surface area (Å²) in [5.41, 5.74) is 1.98. The number of carbonyl (C=O) groups excluding carboxylic acids is 1. The van der Waals surface area contributed by atoms with E-state index in [-0.39, 0.29) is 12.0 Å². The van der Waals surface area contributed by atoms with Crippen molar-refractivity contribution in [2.24, 2.45) is 5.92 Å². The molecule has 1 aromatic heterocycles. The van der Waals surface area contributed by atoms with Crippen molar-refractivity contribution in [2.45, 2.75) is 65.9 Å². The molecule has 0 radical (unpaired) electrons. The molecule has 6 nitrogen and oxygen atoms in total. The molecule has 0 bridgehead atoms. The normalized spacial score (nSPS) is 15.4. The topological polar surface area (TPSA) is 76.1 Å². The molecule has 0 aliphatic heterocycles. The van der Waals surface area contributed by atoms with Gasteiger partial charge < -0.3 is 15.4 Å². The molecule has 0 saturated heterocycles. The van der Waals surface area contributed by atoms with Gasteiger partial charge in [-0.15, -0.1) is 0 Å². The van der Waals surface area contributed by atoms with E-state index in [1.807, 2.05) is 27.7 Å². The van der Waals surface area contributed by atoms with E-state index in [1.54, 1.807) is 0 Å². The number of aryl methyl sites for hydroxylation is 2. The zero-order valence-electron chi connectivity index (χ0n) is 15.5. The van der Waals surface area contributed by atoms with Gasteiger partial charge in [-0.3, -0.25) is 0 Å². The fourth-order valence-electron chi connectivity index (χ4n) is 2.78. The van der Waals surface area contributed by atoms with Crippen LogP contribution in [0.15, 0.2) is 0 Å². The van der Waals surface area contributed by atoms with Crippen molar-refractivity contribution in [1.82, 2.24) is 15.3 Å². The van der Waals surface area contributed by atoms with Gasteiger partial charge in [0, 0.05) is 24.3 Å². The van der Waals surface area contributed by atoms with Crippen LogP contribution in [0, 0.1) is 12.8 Å². The van der Waals surface area contributed by atoms with Gasteiger partial charge >= 0.3 is 6.09 Å². The van der Waals surface area contributed by atoms with E-state index in [0.29, 0.717) is 6.54 Å².